The minimum atomic E-state index is -0.771. The molecule has 3 aliphatic carbocycles. The number of rotatable bonds is 4. The molecule has 31 heavy (non-hydrogen) atoms. The van der Waals surface area contributed by atoms with E-state index in [-0.39, 0.29) is 31.0 Å². The molecule has 0 bridgehead atoms. The summed E-state index contributed by atoms with van der Waals surface area (Å²) in [5, 5.41) is 11.1. The first kappa shape index (κ1) is 20.5. The number of aliphatic hydroxyl groups is 1. The second-order valence-corrected chi connectivity index (χ2v) is 9.75. The topological polar surface area (TPSA) is 93.1 Å². The molecule has 1 saturated heterocycles. The normalized spacial score (nSPS) is 34.2. The van der Waals surface area contributed by atoms with Crippen molar-refractivity contribution in [1.29, 1.82) is 0 Å². The molecule has 1 aromatic rings. The molecule has 3 fully saturated rings. The Kier molecular flexibility index (Phi) is 5.04. The van der Waals surface area contributed by atoms with Crippen LogP contribution in [0, 0.1) is 17.3 Å². The molecule has 5 rings (SSSR count). The first-order chi connectivity index (χ1) is 14.9. The van der Waals surface area contributed by atoms with Gasteiger partial charge in [-0.2, -0.15) is 0 Å². The van der Waals surface area contributed by atoms with Crippen LogP contribution in [0.15, 0.2) is 18.2 Å². The van der Waals surface area contributed by atoms with E-state index < -0.39 is 17.8 Å². The number of amides is 2. The van der Waals surface area contributed by atoms with Crippen LogP contribution in [0.25, 0.3) is 0 Å². The first-order valence-electron chi connectivity index (χ1n) is 11.4. The van der Waals surface area contributed by atoms with Crippen molar-refractivity contribution < 1.29 is 29.1 Å². The van der Waals surface area contributed by atoms with Crippen LogP contribution >= 0.6 is 0 Å². The van der Waals surface area contributed by atoms with Gasteiger partial charge in [0.2, 0.25) is 0 Å². The number of hydrogen-bond acceptors (Lipinski definition) is 6. The van der Waals surface area contributed by atoms with Crippen LogP contribution < -0.4 is 4.74 Å². The van der Waals surface area contributed by atoms with Gasteiger partial charge in [-0.25, -0.2) is 4.79 Å². The second-order valence-electron chi connectivity index (χ2n) is 9.75. The third-order valence-corrected chi connectivity index (χ3v) is 8.20. The highest BCUT2D eigenvalue weighted by Crippen LogP contribution is 2.60. The number of carbonyl (C=O) groups is 3. The molecule has 1 N–H and O–H groups in total. The van der Waals surface area contributed by atoms with Crippen LogP contribution in [-0.2, 0) is 25.6 Å². The zero-order valence-corrected chi connectivity index (χ0v) is 17.8. The fourth-order valence-corrected chi connectivity index (χ4v) is 6.55. The number of benzene rings is 1. The van der Waals surface area contributed by atoms with Gasteiger partial charge in [0.25, 0.3) is 11.8 Å². The van der Waals surface area contributed by atoms with E-state index in [2.05, 4.69) is 13.0 Å². The van der Waals surface area contributed by atoms with E-state index in [4.69, 9.17) is 9.57 Å². The molecule has 7 heteroatoms. The molecule has 5 unspecified atom stereocenters. The Bertz CT molecular complexity index is 913. The lowest BCUT2D eigenvalue weighted by molar-refractivity contribution is -0.198. The van der Waals surface area contributed by atoms with Crippen LogP contribution in [0.4, 0.5) is 0 Å². The maximum Gasteiger partial charge on any atom is 0.370 e. The number of aryl methyl sites for hydroxylation is 1. The second kappa shape index (κ2) is 7.62. The van der Waals surface area contributed by atoms with E-state index in [0.29, 0.717) is 28.6 Å². The van der Waals surface area contributed by atoms with Crippen LogP contribution in [0.3, 0.4) is 0 Å². The number of fused-ring (bicyclic) bond motifs is 5. The van der Waals surface area contributed by atoms with Gasteiger partial charge in [-0.1, -0.05) is 13.0 Å². The monoisotopic (exact) mass is 427 g/mol. The lowest BCUT2D eigenvalue weighted by atomic mass is 9.55. The molecule has 7 nitrogen and oxygen atoms in total. The summed E-state index contributed by atoms with van der Waals surface area (Å²) in [6, 6.07) is 6.01. The number of ether oxygens (including phenoxy) is 1. The van der Waals surface area contributed by atoms with Crippen molar-refractivity contribution >= 4 is 17.8 Å². The highest BCUT2D eigenvalue weighted by molar-refractivity contribution is 6.01. The summed E-state index contributed by atoms with van der Waals surface area (Å²) in [6.45, 7) is 1.92. The summed E-state index contributed by atoms with van der Waals surface area (Å²) < 4.78 is 5.59. The van der Waals surface area contributed by atoms with E-state index in [1.807, 2.05) is 12.1 Å². The molecule has 0 spiro atoms. The Balaban J connectivity index is 1.24. The van der Waals surface area contributed by atoms with Crippen LogP contribution in [-0.4, -0.2) is 40.7 Å². The summed E-state index contributed by atoms with van der Waals surface area (Å²) >= 11 is 0. The van der Waals surface area contributed by atoms with Crippen molar-refractivity contribution in [2.24, 2.45) is 17.3 Å². The van der Waals surface area contributed by atoms with Gasteiger partial charge < -0.3 is 14.7 Å². The van der Waals surface area contributed by atoms with Gasteiger partial charge in [-0.3, -0.25) is 9.59 Å². The highest BCUT2D eigenvalue weighted by atomic mass is 16.7. The number of aliphatic hydroxyl groups excluding tert-OH is 1. The maximum atomic E-state index is 12.0. The predicted octanol–water partition coefficient (Wildman–Crippen LogP) is 2.89. The Hall–Kier alpha value is -2.41. The molecule has 0 radical (unpaired) electrons. The molecule has 5 atom stereocenters. The molecule has 1 aromatic carbocycles. The van der Waals surface area contributed by atoms with Gasteiger partial charge in [0, 0.05) is 12.8 Å². The van der Waals surface area contributed by atoms with E-state index in [0.717, 1.165) is 38.5 Å². The van der Waals surface area contributed by atoms with Crippen molar-refractivity contribution in [3.05, 3.63) is 29.3 Å². The highest BCUT2D eigenvalue weighted by Gasteiger charge is 2.54. The summed E-state index contributed by atoms with van der Waals surface area (Å²) in [4.78, 5) is 39.9. The molecule has 4 aliphatic rings. The van der Waals surface area contributed by atoms with E-state index in [9.17, 15) is 19.5 Å². The summed E-state index contributed by atoms with van der Waals surface area (Å²) in [6.07, 6.45) is 6.28. The van der Waals surface area contributed by atoms with Gasteiger partial charge in [-0.15, -0.1) is 5.06 Å². The van der Waals surface area contributed by atoms with Gasteiger partial charge in [0.15, 0.2) is 6.61 Å². The summed E-state index contributed by atoms with van der Waals surface area (Å²) in [7, 11) is 0. The lowest BCUT2D eigenvalue weighted by Gasteiger charge is -2.50. The number of nitrogens with zero attached hydrogens (tertiary/aromatic N) is 1. The first-order valence-corrected chi connectivity index (χ1v) is 11.4. The molecule has 2 saturated carbocycles. The van der Waals surface area contributed by atoms with Crippen LogP contribution in [0.5, 0.6) is 5.75 Å². The number of imide groups is 1. The molecule has 1 aliphatic heterocycles. The van der Waals surface area contributed by atoms with E-state index >= 15 is 0 Å². The lowest BCUT2D eigenvalue weighted by Crippen LogP contribution is -2.43. The molecule has 2 amide bonds. The zero-order valence-electron chi connectivity index (χ0n) is 17.8. The zero-order chi connectivity index (χ0) is 21.8. The van der Waals surface area contributed by atoms with Crippen molar-refractivity contribution in [1.82, 2.24) is 5.06 Å². The third-order valence-electron chi connectivity index (χ3n) is 8.20. The number of hydrogen-bond donors (Lipinski definition) is 1. The fraction of sp³-hybridized carbons (Fsp3) is 0.625. The van der Waals surface area contributed by atoms with E-state index in [1.165, 1.54) is 11.1 Å². The molecular weight excluding hydrogens is 398 g/mol. The number of hydroxylamine groups is 2. The quantitative estimate of drug-likeness (QED) is 0.743. The Morgan fingerprint density at radius 1 is 1.13 bits per heavy atom. The van der Waals surface area contributed by atoms with Crippen molar-refractivity contribution in [2.45, 2.75) is 70.3 Å². The third kappa shape index (κ3) is 3.43. The van der Waals surface area contributed by atoms with Gasteiger partial charge in [-0.05, 0) is 85.0 Å². The maximum absolute atomic E-state index is 12.0. The van der Waals surface area contributed by atoms with Gasteiger partial charge in [0.05, 0.1) is 6.10 Å². The molecular formula is C24H29NO6. The minimum absolute atomic E-state index is 0.0684. The number of carbonyl (C=O) groups excluding carboxylic acids is 3. The van der Waals surface area contributed by atoms with Crippen LogP contribution in [0.2, 0.25) is 0 Å². The van der Waals surface area contributed by atoms with Crippen molar-refractivity contribution in [3.63, 3.8) is 0 Å². The van der Waals surface area contributed by atoms with Crippen molar-refractivity contribution in [3.8, 4) is 5.75 Å². The van der Waals surface area contributed by atoms with Gasteiger partial charge >= 0.3 is 5.97 Å². The standard InChI is InChI=1S/C24H29NO6/c1-24-11-10-17-16-5-3-15(30-13-23(29)31-25-21(27)8-9-22(25)28)12-14(16)2-4-18(17)19(24)6-7-20(24)26/h3,5,12,17-20,26H,2,4,6-11,13H2,1H3. The average molecular weight is 427 g/mol. The Labute approximate surface area is 181 Å². The SMILES string of the molecule is CC12CCC3c4ccc(OCC(=O)ON5C(=O)CCC5=O)cc4CCC3C1CCC2O. The van der Waals surface area contributed by atoms with Crippen molar-refractivity contribution in [2.75, 3.05) is 6.61 Å². The predicted molar refractivity (Wildman–Crippen MR) is 110 cm³/mol. The van der Waals surface area contributed by atoms with Gasteiger partial charge in [0.1, 0.15) is 5.75 Å². The van der Waals surface area contributed by atoms with E-state index in [1.54, 1.807) is 0 Å². The molecule has 166 valence electrons. The average Bonchev–Trinajstić information content (AvgIpc) is 3.24. The summed E-state index contributed by atoms with van der Waals surface area (Å²) in [5.74, 6) is 0.563. The van der Waals surface area contributed by atoms with Crippen LogP contribution in [0.1, 0.15) is 68.9 Å². The smallest absolute Gasteiger partial charge is 0.370 e. The Morgan fingerprint density at radius 2 is 1.90 bits per heavy atom. The summed E-state index contributed by atoms with van der Waals surface area (Å²) in [5.41, 5.74) is 2.71. The minimum Gasteiger partial charge on any atom is -0.482 e. The Morgan fingerprint density at radius 3 is 2.68 bits per heavy atom. The largest absolute Gasteiger partial charge is 0.482 e. The molecule has 1 heterocycles. The molecule has 0 aromatic heterocycles. The fourth-order valence-electron chi connectivity index (χ4n) is 6.55.